The highest BCUT2D eigenvalue weighted by atomic mass is 35.5. The Morgan fingerprint density at radius 2 is 1.93 bits per heavy atom. The van der Waals surface area contributed by atoms with Crippen LogP contribution in [0.1, 0.15) is 16.8 Å². The van der Waals surface area contributed by atoms with Crippen molar-refractivity contribution >= 4 is 23.2 Å². The maximum Gasteiger partial charge on any atom is 0.241 e. The maximum absolute atomic E-state index is 13.4. The standard InChI is InChI=1S/C22H19ClFN5O/c23-20-9-18(5-6-21(20)24)29-8-7-27(14-22(29)30)13-19-11-26-15-28(19)12-17-3-1-16(10-25)2-4-17/h1-6,9,11,15H,7-8,12-14H2. The monoisotopic (exact) mass is 423 g/mol. The van der Waals surface area contributed by atoms with Crippen molar-refractivity contribution < 1.29 is 9.18 Å². The molecule has 1 aromatic heterocycles. The van der Waals surface area contributed by atoms with E-state index in [4.69, 9.17) is 16.9 Å². The Bertz CT molecular complexity index is 1110. The zero-order valence-electron chi connectivity index (χ0n) is 16.1. The number of nitriles is 1. The van der Waals surface area contributed by atoms with Gasteiger partial charge in [-0.25, -0.2) is 9.37 Å². The zero-order valence-corrected chi connectivity index (χ0v) is 16.9. The lowest BCUT2D eigenvalue weighted by Crippen LogP contribution is -2.50. The van der Waals surface area contributed by atoms with Crippen molar-refractivity contribution in [3.05, 3.63) is 82.6 Å². The highest BCUT2D eigenvalue weighted by molar-refractivity contribution is 6.31. The number of aromatic nitrogens is 2. The molecule has 4 rings (SSSR count). The van der Waals surface area contributed by atoms with Gasteiger partial charge in [0.15, 0.2) is 0 Å². The van der Waals surface area contributed by atoms with Crippen LogP contribution in [-0.4, -0.2) is 40.0 Å². The third-order valence-corrected chi connectivity index (χ3v) is 5.42. The molecule has 1 saturated heterocycles. The summed E-state index contributed by atoms with van der Waals surface area (Å²) < 4.78 is 15.4. The van der Waals surface area contributed by atoms with Crippen LogP contribution in [0.25, 0.3) is 0 Å². The Balaban J connectivity index is 1.40. The second-order valence-corrected chi connectivity index (χ2v) is 7.58. The molecule has 1 amide bonds. The molecular formula is C22H19ClFN5O. The van der Waals surface area contributed by atoms with E-state index in [9.17, 15) is 9.18 Å². The van der Waals surface area contributed by atoms with Crippen molar-refractivity contribution in [3.63, 3.8) is 0 Å². The molecule has 1 fully saturated rings. The zero-order chi connectivity index (χ0) is 21.1. The Labute approximate surface area is 178 Å². The van der Waals surface area contributed by atoms with Gasteiger partial charge in [0.2, 0.25) is 5.91 Å². The van der Waals surface area contributed by atoms with Crippen LogP contribution in [0.15, 0.2) is 55.0 Å². The van der Waals surface area contributed by atoms with E-state index in [0.717, 1.165) is 11.3 Å². The summed E-state index contributed by atoms with van der Waals surface area (Å²) >= 11 is 5.86. The second kappa shape index (κ2) is 8.66. The van der Waals surface area contributed by atoms with Gasteiger partial charge in [0, 0.05) is 38.1 Å². The van der Waals surface area contributed by atoms with Crippen molar-refractivity contribution in [2.45, 2.75) is 13.1 Å². The molecule has 2 aromatic carbocycles. The van der Waals surface area contributed by atoms with E-state index in [0.29, 0.717) is 37.4 Å². The van der Waals surface area contributed by atoms with Crippen molar-refractivity contribution in [2.24, 2.45) is 0 Å². The van der Waals surface area contributed by atoms with Crippen LogP contribution in [0.4, 0.5) is 10.1 Å². The predicted molar refractivity (Wildman–Crippen MR) is 112 cm³/mol. The Hall–Kier alpha value is -3.21. The quantitative estimate of drug-likeness (QED) is 0.630. The van der Waals surface area contributed by atoms with Gasteiger partial charge in [0.05, 0.1) is 35.2 Å². The minimum atomic E-state index is -0.498. The molecule has 8 heteroatoms. The highest BCUT2D eigenvalue weighted by Gasteiger charge is 2.26. The first-order chi connectivity index (χ1) is 14.5. The summed E-state index contributed by atoms with van der Waals surface area (Å²) in [4.78, 5) is 20.6. The van der Waals surface area contributed by atoms with Gasteiger partial charge in [-0.3, -0.25) is 9.69 Å². The molecule has 30 heavy (non-hydrogen) atoms. The minimum absolute atomic E-state index is 0.00874. The average Bonchev–Trinajstić information content (AvgIpc) is 3.17. The van der Waals surface area contributed by atoms with E-state index in [1.54, 1.807) is 35.6 Å². The van der Waals surface area contributed by atoms with E-state index in [1.165, 1.54) is 12.1 Å². The summed E-state index contributed by atoms with van der Waals surface area (Å²) in [5.41, 5.74) is 3.31. The average molecular weight is 424 g/mol. The number of amides is 1. The Morgan fingerprint density at radius 1 is 1.13 bits per heavy atom. The third-order valence-electron chi connectivity index (χ3n) is 5.13. The van der Waals surface area contributed by atoms with E-state index in [1.807, 2.05) is 16.7 Å². The topological polar surface area (TPSA) is 65.2 Å². The fourth-order valence-electron chi connectivity index (χ4n) is 3.52. The Kier molecular flexibility index (Phi) is 5.79. The first-order valence-electron chi connectivity index (χ1n) is 9.49. The minimum Gasteiger partial charge on any atom is -0.329 e. The van der Waals surface area contributed by atoms with E-state index >= 15 is 0 Å². The van der Waals surface area contributed by atoms with Gasteiger partial charge < -0.3 is 9.47 Å². The number of benzene rings is 2. The third kappa shape index (κ3) is 4.35. The normalized spacial score (nSPS) is 14.7. The number of hydrogen-bond acceptors (Lipinski definition) is 4. The van der Waals surface area contributed by atoms with Crippen molar-refractivity contribution in [1.82, 2.24) is 14.5 Å². The second-order valence-electron chi connectivity index (χ2n) is 7.18. The predicted octanol–water partition coefficient (Wildman–Crippen LogP) is 3.44. The molecule has 0 radical (unpaired) electrons. The largest absolute Gasteiger partial charge is 0.329 e. The molecule has 0 atom stereocenters. The molecule has 0 N–H and O–H groups in total. The highest BCUT2D eigenvalue weighted by Crippen LogP contribution is 2.24. The molecule has 0 spiro atoms. The van der Waals surface area contributed by atoms with E-state index < -0.39 is 5.82 Å². The molecule has 1 aliphatic rings. The lowest BCUT2D eigenvalue weighted by atomic mass is 10.1. The first-order valence-corrected chi connectivity index (χ1v) is 9.87. The number of rotatable bonds is 5. The van der Waals surface area contributed by atoms with Gasteiger partial charge in [0.1, 0.15) is 5.82 Å². The van der Waals surface area contributed by atoms with Crippen LogP contribution >= 0.6 is 11.6 Å². The van der Waals surface area contributed by atoms with Crippen molar-refractivity contribution in [3.8, 4) is 6.07 Å². The lowest BCUT2D eigenvalue weighted by Gasteiger charge is -2.34. The molecule has 6 nitrogen and oxygen atoms in total. The van der Waals surface area contributed by atoms with E-state index in [-0.39, 0.29) is 17.5 Å². The van der Waals surface area contributed by atoms with Gasteiger partial charge in [-0.05, 0) is 35.9 Å². The van der Waals surface area contributed by atoms with E-state index in [2.05, 4.69) is 16.0 Å². The van der Waals surface area contributed by atoms with Crippen molar-refractivity contribution in [1.29, 1.82) is 5.26 Å². The molecule has 0 aliphatic carbocycles. The SMILES string of the molecule is N#Cc1ccc(Cn2cncc2CN2CCN(c3ccc(F)c(Cl)c3)C(=O)C2)cc1. The molecule has 0 bridgehead atoms. The maximum atomic E-state index is 13.4. The van der Waals surface area contributed by atoms with Gasteiger partial charge in [-0.2, -0.15) is 5.26 Å². The Morgan fingerprint density at radius 3 is 2.63 bits per heavy atom. The van der Waals surface area contributed by atoms with Gasteiger partial charge in [0.25, 0.3) is 0 Å². The molecular weight excluding hydrogens is 405 g/mol. The van der Waals surface area contributed by atoms with Gasteiger partial charge in [-0.15, -0.1) is 0 Å². The molecule has 0 saturated carbocycles. The molecule has 152 valence electrons. The number of nitrogens with zero attached hydrogens (tertiary/aromatic N) is 5. The summed E-state index contributed by atoms with van der Waals surface area (Å²) in [5.74, 6) is -0.552. The fourth-order valence-corrected chi connectivity index (χ4v) is 3.69. The molecule has 0 unspecified atom stereocenters. The van der Waals surface area contributed by atoms with Crippen LogP contribution in [0.3, 0.4) is 0 Å². The summed E-state index contributed by atoms with van der Waals surface area (Å²) in [6.45, 7) is 2.69. The van der Waals surface area contributed by atoms with Crippen LogP contribution in [-0.2, 0) is 17.9 Å². The summed E-state index contributed by atoms with van der Waals surface area (Å²) in [5, 5.41) is 8.93. The molecule has 3 aromatic rings. The number of hydrogen-bond donors (Lipinski definition) is 0. The smallest absolute Gasteiger partial charge is 0.241 e. The number of imidazole rings is 1. The number of carbonyl (C=O) groups is 1. The summed E-state index contributed by atoms with van der Waals surface area (Å²) in [6, 6.07) is 13.9. The molecule has 1 aliphatic heterocycles. The van der Waals surface area contributed by atoms with Crippen LogP contribution in [0.5, 0.6) is 0 Å². The number of halogens is 2. The first kappa shape index (κ1) is 20.1. The van der Waals surface area contributed by atoms with Gasteiger partial charge >= 0.3 is 0 Å². The number of anilines is 1. The van der Waals surface area contributed by atoms with Crippen molar-refractivity contribution in [2.75, 3.05) is 24.5 Å². The lowest BCUT2D eigenvalue weighted by molar-refractivity contribution is -0.121. The number of piperazine rings is 1. The summed E-state index contributed by atoms with van der Waals surface area (Å²) in [7, 11) is 0. The fraction of sp³-hybridized carbons (Fsp3) is 0.227. The molecule has 2 heterocycles. The van der Waals surface area contributed by atoms with Crippen LogP contribution < -0.4 is 4.90 Å². The van der Waals surface area contributed by atoms with Crippen LogP contribution in [0.2, 0.25) is 5.02 Å². The van der Waals surface area contributed by atoms with Gasteiger partial charge in [-0.1, -0.05) is 23.7 Å². The van der Waals surface area contributed by atoms with Crippen LogP contribution in [0, 0.1) is 17.1 Å². The number of carbonyl (C=O) groups excluding carboxylic acids is 1. The summed E-state index contributed by atoms with van der Waals surface area (Å²) in [6.07, 6.45) is 3.58.